The summed E-state index contributed by atoms with van der Waals surface area (Å²) in [5.74, 6) is 0.588. The number of hydrogen-bond acceptors (Lipinski definition) is 2. The smallest absolute Gasteiger partial charge is 0.227 e. The monoisotopic (exact) mass is 419 g/mol. The molecular formula is C24H19ClFN3O. The minimum atomic E-state index is -0.258. The molecule has 1 aliphatic rings. The molecule has 1 aliphatic heterocycles. The molecule has 2 heterocycles. The number of anilines is 1. The number of carbonyl (C=O) groups is 1. The number of benzene rings is 3. The van der Waals surface area contributed by atoms with E-state index in [1.807, 2.05) is 42.5 Å². The van der Waals surface area contributed by atoms with E-state index in [4.69, 9.17) is 16.6 Å². The Kier molecular flexibility index (Phi) is 4.75. The molecule has 0 radical (unpaired) electrons. The highest BCUT2D eigenvalue weighted by Gasteiger charge is 2.35. The van der Waals surface area contributed by atoms with Gasteiger partial charge in [-0.05, 0) is 42.0 Å². The summed E-state index contributed by atoms with van der Waals surface area (Å²) in [6.07, 6.45) is 0.373. The predicted molar refractivity (Wildman–Crippen MR) is 116 cm³/mol. The zero-order chi connectivity index (χ0) is 20.7. The first-order valence-corrected chi connectivity index (χ1v) is 10.2. The summed E-state index contributed by atoms with van der Waals surface area (Å²) in [6.45, 7) is 1.09. The van der Waals surface area contributed by atoms with E-state index < -0.39 is 0 Å². The number of halogens is 2. The Morgan fingerprint density at radius 2 is 1.73 bits per heavy atom. The molecule has 1 aromatic heterocycles. The maximum Gasteiger partial charge on any atom is 0.227 e. The third-order valence-corrected chi connectivity index (χ3v) is 5.89. The highest BCUT2D eigenvalue weighted by Crippen LogP contribution is 2.36. The normalized spacial score (nSPS) is 16.5. The topological polar surface area (TPSA) is 38.1 Å². The fraction of sp³-hybridized carbons (Fsp3) is 0.167. The molecule has 1 saturated heterocycles. The highest BCUT2D eigenvalue weighted by molar-refractivity contribution is 6.33. The molecule has 0 N–H and O–H groups in total. The number of hydrogen-bond donors (Lipinski definition) is 0. The molecule has 1 amide bonds. The Balaban J connectivity index is 1.53. The zero-order valence-electron chi connectivity index (χ0n) is 16.1. The first-order chi connectivity index (χ1) is 14.6. The van der Waals surface area contributed by atoms with Crippen molar-refractivity contribution < 1.29 is 9.18 Å². The number of imidazole rings is 1. The van der Waals surface area contributed by atoms with Crippen LogP contribution in [0.5, 0.6) is 0 Å². The summed E-state index contributed by atoms with van der Waals surface area (Å²) in [7, 11) is 0. The van der Waals surface area contributed by atoms with Crippen molar-refractivity contribution in [2.24, 2.45) is 0 Å². The number of aromatic nitrogens is 2. The van der Waals surface area contributed by atoms with E-state index >= 15 is 0 Å². The van der Waals surface area contributed by atoms with Crippen molar-refractivity contribution in [3.05, 3.63) is 95.0 Å². The summed E-state index contributed by atoms with van der Waals surface area (Å²) in [6, 6.07) is 21.8. The molecule has 5 rings (SSSR count). The predicted octanol–water partition coefficient (Wildman–Crippen LogP) is 5.40. The lowest BCUT2D eigenvalue weighted by molar-refractivity contribution is -0.117. The fourth-order valence-electron chi connectivity index (χ4n) is 4.13. The number of rotatable bonds is 4. The Labute approximate surface area is 178 Å². The van der Waals surface area contributed by atoms with E-state index in [1.54, 1.807) is 23.1 Å². The molecule has 4 nitrogen and oxygen atoms in total. The van der Waals surface area contributed by atoms with Crippen LogP contribution in [0.15, 0.2) is 72.8 Å². The third-order valence-electron chi connectivity index (χ3n) is 5.57. The van der Waals surface area contributed by atoms with Gasteiger partial charge in [0.1, 0.15) is 11.6 Å². The molecular weight excluding hydrogens is 401 g/mol. The van der Waals surface area contributed by atoms with Gasteiger partial charge in [-0.15, -0.1) is 0 Å². The van der Waals surface area contributed by atoms with Crippen LogP contribution >= 0.6 is 11.6 Å². The second kappa shape index (κ2) is 7.58. The van der Waals surface area contributed by atoms with Crippen LogP contribution in [0.3, 0.4) is 0 Å². The van der Waals surface area contributed by atoms with Crippen LogP contribution in [-0.4, -0.2) is 22.0 Å². The Bertz CT molecular complexity index is 1230. The summed E-state index contributed by atoms with van der Waals surface area (Å²) in [5, 5.41) is 0.561. The standard InChI is InChI=1S/C24H19ClFN3O/c25-19-5-1-3-7-21(19)28-15-17(13-23(28)30)24-27-20-6-2-4-8-22(20)29(24)14-16-9-11-18(26)12-10-16/h1-12,17H,13-15H2. The molecule has 1 atom stereocenters. The molecule has 0 saturated carbocycles. The second-order valence-electron chi connectivity index (χ2n) is 7.53. The lowest BCUT2D eigenvalue weighted by Crippen LogP contribution is -2.24. The highest BCUT2D eigenvalue weighted by atomic mass is 35.5. The van der Waals surface area contributed by atoms with Crippen molar-refractivity contribution in [1.29, 1.82) is 0 Å². The lowest BCUT2D eigenvalue weighted by Gasteiger charge is -2.18. The van der Waals surface area contributed by atoms with Gasteiger partial charge < -0.3 is 9.47 Å². The molecule has 4 aromatic rings. The minimum absolute atomic E-state index is 0.0356. The van der Waals surface area contributed by atoms with Gasteiger partial charge in [0.05, 0.1) is 21.7 Å². The number of fused-ring (bicyclic) bond motifs is 1. The van der Waals surface area contributed by atoms with Crippen LogP contribution in [0, 0.1) is 5.82 Å². The summed E-state index contributed by atoms with van der Waals surface area (Å²) < 4.78 is 15.5. The molecule has 1 unspecified atom stereocenters. The Morgan fingerprint density at radius 1 is 1.00 bits per heavy atom. The van der Waals surface area contributed by atoms with Crippen molar-refractivity contribution in [3.63, 3.8) is 0 Å². The first kappa shape index (κ1) is 18.8. The summed E-state index contributed by atoms with van der Waals surface area (Å²) in [5.41, 5.74) is 3.60. The summed E-state index contributed by atoms with van der Waals surface area (Å²) >= 11 is 6.33. The van der Waals surface area contributed by atoms with Gasteiger partial charge in [0.15, 0.2) is 0 Å². The van der Waals surface area contributed by atoms with Crippen molar-refractivity contribution in [2.75, 3.05) is 11.4 Å². The molecule has 150 valence electrons. The summed E-state index contributed by atoms with van der Waals surface area (Å²) in [4.78, 5) is 19.4. The van der Waals surface area contributed by atoms with Gasteiger partial charge in [0.2, 0.25) is 5.91 Å². The van der Waals surface area contributed by atoms with Crippen molar-refractivity contribution in [3.8, 4) is 0 Å². The van der Waals surface area contributed by atoms with E-state index in [9.17, 15) is 9.18 Å². The maximum absolute atomic E-state index is 13.4. The number of carbonyl (C=O) groups excluding carboxylic acids is 1. The second-order valence-corrected chi connectivity index (χ2v) is 7.94. The van der Waals surface area contributed by atoms with Gasteiger partial charge in [-0.3, -0.25) is 4.79 Å². The van der Waals surface area contributed by atoms with Gasteiger partial charge in [0.25, 0.3) is 0 Å². The van der Waals surface area contributed by atoms with E-state index in [1.165, 1.54) is 12.1 Å². The van der Waals surface area contributed by atoms with Crippen LogP contribution in [-0.2, 0) is 11.3 Å². The van der Waals surface area contributed by atoms with Crippen molar-refractivity contribution in [1.82, 2.24) is 9.55 Å². The lowest BCUT2D eigenvalue weighted by atomic mass is 10.1. The minimum Gasteiger partial charge on any atom is -0.323 e. The SMILES string of the molecule is O=C1CC(c2nc3ccccc3n2Cc2ccc(F)cc2)CN1c1ccccc1Cl. The molecule has 6 heteroatoms. The molecule has 0 spiro atoms. The Hall–Kier alpha value is -3.18. The van der Waals surface area contributed by atoms with Gasteiger partial charge >= 0.3 is 0 Å². The van der Waals surface area contributed by atoms with E-state index in [-0.39, 0.29) is 17.6 Å². The molecule has 3 aromatic carbocycles. The number of nitrogens with zero attached hydrogens (tertiary/aromatic N) is 3. The van der Waals surface area contributed by atoms with Crippen molar-refractivity contribution >= 4 is 34.2 Å². The van der Waals surface area contributed by atoms with Gasteiger partial charge in [-0.1, -0.05) is 48.0 Å². The molecule has 1 fully saturated rings. The van der Waals surface area contributed by atoms with Crippen LogP contribution in [0.2, 0.25) is 5.02 Å². The van der Waals surface area contributed by atoms with E-state index in [0.717, 1.165) is 28.1 Å². The average Bonchev–Trinajstić information content (AvgIpc) is 3.31. The van der Waals surface area contributed by atoms with Gasteiger partial charge in [0, 0.05) is 25.4 Å². The number of para-hydroxylation sites is 3. The first-order valence-electron chi connectivity index (χ1n) is 9.84. The van der Waals surface area contributed by atoms with Crippen LogP contribution in [0.25, 0.3) is 11.0 Å². The third kappa shape index (κ3) is 3.35. The van der Waals surface area contributed by atoms with Gasteiger partial charge in [-0.25, -0.2) is 9.37 Å². The van der Waals surface area contributed by atoms with Crippen LogP contribution in [0.4, 0.5) is 10.1 Å². The van der Waals surface area contributed by atoms with E-state index in [2.05, 4.69) is 4.57 Å². The quantitative estimate of drug-likeness (QED) is 0.444. The number of amides is 1. The maximum atomic E-state index is 13.4. The molecule has 30 heavy (non-hydrogen) atoms. The van der Waals surface area contributed by atoms with Gasteiger partial charge in [-0.2, -0.15) is 0 Å². The Morgan fingerprint density at radius 3 is 2.53 bits per heavy atom. The molecule has 0 bridgehead atoms. The average molecular weight is 420 g/mol. The zero-order valence-corrected chi connectivity index (χ0v) is 16.9. The van der Waals surface area contributed by atoms with Crippen LogP contribution in [0.1, 0.15) is 23.7 Å². The van der Waals surface area contributed by atoms with Crippen LogP contribution < -0.4 is 4.90 Å². The largest absolute Gasteiger partial charge is 0.323 e. The van der Waals surface area contributed by atoms with Crippen molar-refractivity contribution in [2.45, 2.75) is 18.9 Å². The van der Waals surface area contributed by atoms with E-state index in [0.29, 0.717) is 24.5 Å². The fourth-order valence-corrected chi connectivity index (χ4v) is 4.37. The molecule has 0 aliphatic carbocycles.